The van der Waals surface area contributed by atoms with Crippen molar-refractivity contribution in [3.63, 3.8) is 0 Å². The van der Waals surface area contributed by atoms with E-state index in [1.165, 1.54) is 0 Å². The van der Waals surface area contributed by atoms with Gasteiger partial charge in [0.25, 0.3) is 5.88 Å². The number of aromatic nitrogens is 4. The topological polar surface area (TPSA) is 75.7 Å². The first kappa shape index (κ1) is 13.6. The lowest BCUT2D eigenvalue weighted by Gasteiger charge is -2.10. The Kier molecular flexibility index (Phi) is 3.62. The van der Waals surface area contributed by atoms with Crippen LogP contribution in [0.15, 0.2) is 24.5 Å². The van der Waals surface area contributed by atoms with Crippen LogP contribution >= 0.6 is 11.6 Å². The highest BCUT2D eigenvalue weighted by atomic mass is 35.5. The number of aromatic amines is 1. The number of nitrogens with one attached hydrogen (secondary N) is 2. The summed E-state index contributed by atoms with van der Waals surface area (Å²) in [7, 11) is 0. The molecule has 0 saturated carbocycles. The molecule has 3 aromatic rings. The van der Waals surface area contributed by atoms with Crippen LogP contribution in [0.2, 0.25) is 5.02 Å². The molecule has 6 nitrogen and oxygen atoms in total. The quantitative estimate of drug-likeness (QED) is 0.771. The van der Waals surface area contributed by atoms with Gasteiger partial charge in [-0.25, -0.2) is 4.98 Å². The van der Waals surface area contributed by atoms with E-state index in [4.69, 9.17) is 16.3 Å². The molecule has 0 amide bonds. The number of aryl methyl sites for hydroxylation is 1. The van der Waals surface area contributed by atoms with Gasteiger partial charge >= 0.3 is 0 Å². The summed E-state index contributed by atoms with van der Waals surface area (Å²) in [6, 6.07) is 5.47. The molecule has 0 atom stereocenters. The Bertz CT molecular complexity index is 786. The van der Waals surface area contributed by atoms with E-state index in [9.17, 15) is 0 Å². The van der Waals surface area contributed by atoms with Crippen molar-refractivity contribution in [2.45, 2.75) is 13.8 Å². The molecule has 0 radical (unpaired) electrons. The first-order valence-electron chi connectivity index (χ1n) is 6.56. The number of benzene rings is 1. The Labute approximate surface area is 126 Å². The van der Waals surface area contributed by atoms with Crippen molar-refractivity contribution in [1.29, 1.82) is 0 Å². The maximum Gasteiger partial charge on any atom is 0.250 e. The third kappa shape index (κ3) is 2.75. The Morgan fingerprint density at radius 2 is 2.19 bits per heavy atom. The summed E-state index contributed by atoms with van der Waals surface area (Å²) in [5.41, 5.74) is 2.17. The molecule has 0 unspecified atom stereocenters. The second kappa shape index (κ2) is 5.57. The average Bonchev–Trinajstić information content (AvgIpc) is 2.92. The fraction of sp³-hybridized carbons (Fsp3) is 0.214. The smallest absolute Gasteiger partial charge is 0.250 e. The predicted molar refractivity (Wildman–Crippen MR) is 82.1 cm³/mol. The molecule has 21 heavy (non-hydrogen) atoms. The van der Waals surface area contributed by atoms with Crippen LogP contribution in [0.25, 0.3) is 11.2 Å². The van der Waals surface area contributed by atoms with Crippen molar-refractivity contribution in [2.75, 3.05) is 11.9 Å². The van der Waals surface area contributed by atoms with Gasteiger partial charge in [-0.05, 0) is 31.5 Å². The van der Waals surface area contributed by atoms with E-state index < -0.39 is 0 Å². The lowest BCUT2D eigenvalue weighted by Crippen LogP contribution is -2.03. The van der Waals surface area contributed by atoms with Crippen LogP contribution < -0.4 is 10.1 Å². The Hall–Kier alpha value is -2.34. The summed E-state index contributed by atoms with van der Waals surface area (Å²) in [6.07, 6.45) is 1.56. The average molecular weight is 304 g/mol. The second-order valence-electron chi connectivity index (χ2n) is 4.50. The van der Waals surface area contributed by atoms with Crippen molar-refractivity contribution in [3.8, 4) is 11.6 Å². The summed E-state index contributed by atoms with van der Waals surface area (Å²) < 4.78 is 5.90. The molecule has 0 aliphatic heterocycles. The van der Waals surface area contributed by atoms with Crippen molar-refractivity contribution >= 4 is 28.7 Å². The molecular formula is C14H14ClN5O. The third-order valence-electron chi connectivity index (χ3n) is 2.94. The molecule has 1 aromatic carbocycles. The van der Waals surface area contributed by atoms with E-state index in [0.29, 0.717) is 40.3 Å². The lowest BCUT2D eigenvalue weighted by atomic mass is 10.2. The van der Waals surface area contributed by atoms with Crippen LogP contribution in [0, 0.1) is 6.92 Å². The molecule has 108 valence electrons. The number of H-pyrrole nitrogens is 1. The van der Waals surface area contributed by atoms with E-state index in [2.05, 4.69) is 25.3 Å². The molecule has 0 aliphatic carbocycles. The lowest BCUT2D eigenvalue weighted by molar-refractivity contribution is 0.464. The highest BCUT2D eigenvalue weighted by molar-refractivity contribution is 6.30. The minimum Gasteiger partial charge on any atom is -0.437 e. The molecule has 2 N–H and O–H groups in total. The van der Waals surface area contributed by atoms with E-state index in [-0.39, 0.29) is 0 Å². The van der Waals surface area contributed by atoms with E-state index >= 15 is 0 Å². The number of fused-ring (bicyclic) bond motifs is 1. The van der Waals surface area contributed by atoms with Crippen LogP contribution in [0.1, 0.15) is 12.5 Å². The van der Waals surface area contributed by atoms with Crippen molar-refractivity contribution in [2.24, 2.45) is 0 Å². The third-order valence-corrected chi connectivity index (χ3v) is 3.18. The number of ether oxygens (including phenoxy) is 1. The number of rotatable bonds is 4. The van der Waals surface area contributed by atoms with Gasteiger partial charge in [-0.2, -0.15) is 9.97 Å². The van der Waals surface area contributed by atoms with Crippen LogP contribution in [-0.4, -0.2) is 26.5 Å². The largest absolute Gasteiger partial charge is 0.437 e. The highest BCUT2D eigenvalue weighted by Crippen LogP contribution is 2.30. The summed E-state index contributed by atoms with van der Waals surface area (Å²) in [5.74, 6) is 1.55. The molecule has 2 heterocycles. The molecular weight excluding hydrogens is 290 g/mol. The molecule has 0 saturated heterocycles. The van der Waals surface area contributed by atoms with Gasteiger partial charge in [0.05, 0.1) is 6.33 Å². The molecule has 0 aliphatic rings. The van der Waals surface area contributed by atoms with Gasteiger partial charge in [-0.1, -0.05) is 17.7 Å². The van der Waals surface area contributed by atoms with Gasteiger partial charge in [-0.3, -0.25) is 0 Å². The number of anilines is 1. The first-order valence-corrected chi connectivity index (χ1v) is 6.94. The van der Waals surface area contributed by atoms with Gasteiger partial charge in [0.2, 0.25) is 5.95 Å². The summed E-state index contributed by atoms with van der Waals surface area (Å²) >= 11 is 6.02. The van der Waals surface area contributed by atoms with Crippen molar-refractivity contribution < 1.29 is 4.74 Å². The molecule has 3 rings (SSSR count). The maximum atomic E-state index is 6.02. The van der Waals surface area contributed by atoms with E-state index in [0.717, 1.165) is 5.56 Å². The zero-order valence-corrected chi connectivity index (χ0v) is 12.4. The predicted octanol–water partition coefficient (Wildman–Crippen LogP) is 3.54. The fourth-order valence-corrected chi connectivity index (χ4v) is 2.07. The van der Waals surface area contributed by atoms with Crippen LogP contribution in [0.3, 0.4) is 0 Å². The summed E-state index contributed by atoms with van der Waals surface area (Å²) in [6.45, 7) is 4.63. The van der Waals surface area contributed by atoms with Gasteiger partial charge < -0.3 is 15.0 Å². The Morgan fingerprint density at radius 1 is 1.33 bits per heavy atom. The first-order chi connectivity index (χ1) is 10.2. The number of hydrogen-bond donors (Lipinski definition) is 2. The monoisotopic (exact) mass is 303 g/mol. The zero-order valence-electron chi connectivity index (χ0n) is 11.6. The second-order valence-corrected chi connectivity index (χ2v) is 4.93. The van der Waals surface area contributed by atoms with Crippen LogP contribution in [-0.2, 0) is 0 Å². The van der Waals surface area contributed by atoms with Gasteiger partial charge in [0.1, 0.15) is 11.3 Å². The standard InChI is InChI=1S/C14H14ClN5O/c1-3-16-14-19-12-11(17-7-18-12)13(20-14)21-10-6-9(15)5-4-8(10)2/h4-7H,3H2,1-2H3,(H2,16,17,18,19,20). The summed E-state index contributed by atoms with van der Waals surface area (Å²) in [4.78, 5) is 15.8. The molecule has 0 spiro atoms. The van der Waals surface area contributed by atoms with Crippen LogP contribution in [0.4, 0.5) is 5.95 Å². The minimum atomic E-state index is 0.416. The number of nitrogens with zero attached hydrogens (tertiary/aromatic N) is 3. The number of hydrogen-bond acceptors (Lipinski definition) is 5. The molecule has 0 bridgehead atoms. The normalized spacial score (nSPS) is 10.8. The SMILES string of the molecule is CCNc1nc(Oc2cc(Cl)ccc2C)c2[nH]cnc2n1. The maximum absolute atomic E-state index is 6.02. The zero-order chi connectivity index (χ0) is 14.8. The minimum absolute atomic E-state index is 0.416. The van der Waals surface area contributed by atoms with E-state index in [1.54, 1.807) is 12.4 Å². The molecule has 0 fully saturated rings. The molecule has 7 heteroatoms. The highest BCUT2D eigenvalue weighted by Gasteiger charge is 2.13. The number of halogens is 1. The summed E-state index contributed by atoms with van der Waals surface area (Å²) in [5, 5.41) is 3.67. The van der Waals surface area contributed by atoms with Gasteiger partial charge in [-0.15, -0.1) is 0 Å². The van der Waals surface area contributed by atoms with Gasteiger partial charge in [0, 0.05) is 11.6 Å². The van der Waals surface area contributed by atoms with Gasteiger partial charge in [0.15, 0.2) is 5.65 Å². The number of imidazole rings is 1. The molecule has 2 aromatic heterocycles. The fourth-order valence-electron chi connectivity index (χ4n) is 1.91. The Balaban J connectivity index is 2.06. The Morgan fingerprint density at radius 3 is 3.00 bits per heavy atom. The van der Waals surface area contributed by atoms with Crippen molar-refractivity contribution in [1.82, 2.24) is 19.9 Å². The van der Waals surface area contributed by atoms with Crippen molar-refractivity contribution in [3.05, 3.63) is 35.1 Å². The van der Waals surface area contributed by atoms with Crippen LogP contribution in [0.5, 0.6) is 11.6 Å². The van der Waals surface area contributed by atoms with E-state index in [1.807, 2.05) is 26.0 Å².